The predicted octanol–water partition coefficient (Wildman–Crippen LogP) is 5.09. The van der Waals surface area contributed by atoms with Crippen molar-refractivity contribution in [1.29, 1.82) is 0 Å². The first-order valence-corrected chi connectivity index (χ1v) is 10.2. The van der Waals surface area contributed by atoms with E-state index in [2.05, 4.69) is 41.4 Å². The molecule has 0 aliphatic rings. The number of nitrogens with one attached hydrogen (secondary N) is 1. The lowest BCUT2D eigenvalue weighted by Crippen LogP contribution is -2.31. The minimum atomic E-state index is -0.0550. The van der Waals surface area contributed by atoms with Crippen molar-refractivity contribution in [1.82, 2.24) is 10.2 Å². The second-order valence-electron chi connectivity index (χ2n) is 7.83. The third-order valence-electron chi connectivity index (χ3n) is 5.22. The number of carbonyl (C=O) groups is 1. The van der Waals surface area contributed by atoms with Gasteiger partial charge in [-0.1, -0.05) is 54.1 Å². The van der Waals surface area contributed by atoms with Crippen LogP contribution >= 0.6 is 0 Å². The van der Waals surface area contributed by atoms with Crippen molar-refractivity contribution >= 4 is 5.91 Å². The summed E-state index contributed by atoms with van der Waals surface area (Å²) in [5, 5.41) is 3.22. The van der Waals surface area contributed by atoms with E-state index in [0.29, 0.717) is 5.56 Å². The number of hydrogen-bond acceptors (Lipinski definition) is 3. The van der Waals surface area contributed by atoms with E-state index in [1.165, 1.54) is 5.56 Å². The van der Waals surface area contributed by atoms with E-state index in [9.17, 15) is 4.79 Å². The fourth-order valence-electron chi connectivity index (χ4n) is 3.35. The highest BCUT2D eigenvalue weighted by Gasteiger charge is 2.16. The first kappa shape index (κ1) is 21.6. The molecule has 1 N–H and O–H groups in total. The average molecular weight is 403 g/mol. The van der Waals surface area contributed by atoms with Gasteiger partial charge in [0.25, 0.3) is 5.91 Å². The molecule has 0 unspecified atom stereocenters. The molecule has 1 atom stereocenters. The standard InChI is InChI=1S/C26H30N2O2/c1-19-5-7-22(8-6-19)25(17-18-28(2)3)27-26(29)23-11-9-20(10-12-23)21-13-15-24(30-4)16-14-21/h5-16,25H,17-18H2,1-4H3,(H,27,29)/t25-/m0/s1. The fourth-order valence-corrected chi connectivity index (χ4v) is 3.35. The van der Waals surface area contributed by atoms with Gasteiger partial charge in [-0.15, -0.1) is 0 Å². The van der Waals surface area contributed by atoms with Crippen molar-refractivity contribution < 1.29 is 9.53 Å². The van der Waals surface area contributed by atoms with Gasteiger partial charge in [0.2, 0.25) is 0 Å². The Hall–Kier alpha value is -3.11. The van der Waals surface area contributed by atoms with Gasteiger partial charge in [0.15, 0.2) is 0 Å². The summed E-state index contributed by atoms with van der Waals surface area (Å²) in [6.45, 7) is 2.97. The van der Waals surface area contributed by atoms with Crippen molar-refractivity contribution in [2.45, 2.75) is 19.4 Å². The second kappa shape index (κ2) is 10.1. The molecule has 0 aromatic heterocycles. The maximum atomic E-state index is 12.9. The fraction of sp³-hybridized carbons (Fsp3) is 0.269. The monoisotopic (exact) mass is 402 g/mol. The summed E-state index contributed by atoms with van der Waals surface area (Å²) in [5.74, 6) is 0.773. The van der Waals surface area contributed by atoms with Crippen LogP contribution in [0.3, 0.4) is 0 Å². The van der Waals surface area contributed by atoms with Crippen LogP contribution in [0.1, 0.15) is 33.9 Å². The SMILES string of the molecule is COc1ccc(-c2ccc(C(=O)N[C@@H](CCN(C)C)c3ccc(C)cc3)cc2)cc1. The summed E-state index contributed by atoms with van der Waals surface area (Å²) in [4.78, 5) is 15.1. The Balaban J connectivity index is 1.73. The topological polar surface area (TPSA) is 41.6 Å². The van der Waals surface area contributed by atoms with Gasteiger partial charge in [-0.05, 0) is 74.9 Å². The van der Waals surface area contributed by atoms with Crippen molar-refractivity contribution in [3.63, 3.8) is 0 Å². The van der Waals surface area contributed by atoms with E-state index < -0.39 is 0 Å². The molecule has 0 spiro atoms. The molecule has 0 bridgehead atoms. The third kappa shape index (κ3) is 5.71. The van der Waals surface area contributed by atoms with Gasteiger partial charge in [0.1, 0.15) is 5.75 Å². The lowest BCUT2D eigenvalue weighted by atomic mass is 10.0. The number of aryl methyl sites for hydroxylation is 1. The van der Waals surface area contributed by atoms with E-state index in [0.717, 1.165) is 35.4 Å². The molecule has 0 aliphatic carbocycles. The lowest BCUT2D eigenvalue weighted by molar-refractivity contribution is 0.0932. The maximum Gasteiger partial charge on any atom is 0.251 e. The molecule has 0 radical (unpaired) electrons. The molecule has 3 rings (SSSR count). The summed E-state index contributed by atoms with van der Waals surface area (Å²) in [5.41, 5.74) is 5.16. The molecule has 0 fully saturated rings. The van der Waals surface area contributed by atoms with Crippen molar-refractivity contribution in [3.8, 4) is 16.9 Å². The van der Waals surface area contributed by atoms with Crippen LogP contribution in [0.25, 0.3) is 11.1 Å². The Kier molecular flexibility index (Phi) is 7.26. The van der Waals surface area contributed by atoms with Crippen LogP contribution in [0, 0.1) is 6.92 Å². The predicted molar refractivity (Wildman–Crippen MR) is 123 cm³/mol. The number of nitrogens with zero attached hydrogens (tertiary/aromatic N) is 1. The summed E-state index contributed by atoms with van der Waals surface area (Å²) in [6.07, 6.45) is 0.853. The molecule has 156 valence electrons. The Labute approximate surface area is 179 Å². The average Bonchev–Trinajstić information content (AvgIpc) is 2.77. The summed E-state index contributed by atoms with van der Waals surface area (Å²) < 4.78 is 5.21. The number of ether oxygens (including phenoxy) is 1. The van der Waals surface area contributed by atoms with Gasteiger partial charge in [0.05, 0.1) is 13.2 Å². The van der Waals surface area contributed by atoms with E-state index in [-0.39, 0.29) is 11.9 Å². The number of benzene rings is 3. The van der Waals surface area contributed by atoms with Crippen LogP contribution in [-0.2, 0) is 0 Å². The Bertz CT molecular complexity index is 946. The maximum absolute atomic E-state index is 12.9. The number of amides is 1. The number of hydrogen-bond donors (Lipinski definition) is 1. The van der Waals surface area contributed by atoms with Crippen molar-refractivity contribution in [2.24, 2.45) is 0 Å². The Morgan fingerprint density at radius 2 is 1.47 bits per heavy atom. The molecule has 4 nitrogen and oxygen atoms in total. The van der Waals surface area contributed by atoms with Crippen molar-refractivity contribution in [2.75, 3.05) is 27.7 Å². The summed E-state index contributed by atoms with van der Waals surface area (Å²) in [6, 6.07) is 24.0. The minimum Gasteiger partial charge on any atom is -0.497 e. The largest absolute Gasteiger partial charge is 0.497 e. The molecule has 0 saturated carbocycles. The molecule has 3 aromatic rings. The molecule has 4 heteroatoms. The van der Waals surface area contributed by atoms with E-state index in [1.54, 1.807) is 7.11 Å². The zero-order valence-electron chi connectivity index (χ0n) is 18.2. The number of rotatable bonds is 8. The smallest absolute Gasteiger partial charge is 0.251 e. The molecule has 0 saturated heterocycles. The molecule has 30 heavy (non-hydrogen) atoms. The Morgan fingerprint density at radius 3 is 2.00 bits per heavy atom. The highest BCUT2D eigenvalue weighted by atomic mass is 16.5. The van der Waals surface area contributed by atoms with Gasteiger partial charge in [-0.2, -0.15) is 0 Å². The zero-order chi connectivity index (χ0) is 21.5. The van der Waals surface area contributed by atoms with Gasteiger partial charge in [-0.3, -0.25) is 4.79 Å². The first-order chi connectivity index (χ1) is 14.5. The van der Waals surface area contributed by atoms with Gasteiger partial charge >= 0.3 is 0 Å². The second-order valence-corrected chi connectivity index (χ2v) is 7.83. The van der Waals surface area contributed by atoms with E-state index in [1.807, 2.05) is 62.6 Å². The first-order valence-electron chi connectivity index (χ1n) is 10.2. The van der Waals surface area contributed by atoms with Crippen LogP contribution in [0.15, 0.2) is 72.8 Å². The molecular formula is C26H30N2O2. The highest BCUT2D eigenvalue weighted by Crippen LogP contribution is 2.23. The lowest BCUT2D eigenvalue weighted by Gasteiger charge is -2.21. The minimum absolute atomic E-state index is 0.0261. The normalized spacial score (nSPS) is 11.9. The van der Waals surface area contributed by atoms with Crippen molar-refractivity contribution in [3.05, 3.63) is 89.5 Å². The summed E-state index contributed by atoms with van der Waals surface area (Å²) >= 11 is 0. The zero-order valence-corrected chi connectivity index (χ0v) is 18.2. The Morgan fingerprint density at radius 1 is 0.900 bits per heavy atom. The van der Waals surface area contributed by atoms with Crippen LogP contribution < -0.4 is 10.1 Å². The quantitative estimate of drug-likeness (QED) is 0.570. The van der Waals surface area contributed by atoms with E-state index in [4.69, 9.17) is 4.74 Å². The molecule has 3 aromatic carbocycles. The van der Waals surface area contributed by atoms with Gasteiger partial charge in [-0.25, -0.2) is 0 Å². The van der Waals surface area contributed by atoms with Gasteiger partial charge in [0, 0.05) is 5.56 Å². The number of methoxy groups -OCH3 is 1. The van der Waals surface area contributed by atoms with Crippen LogP contribution in [0.5, 0.6) is 5.75 Å². The van der Waals surface area contributed by atoms with E-state index >= 15 is 0 Å². The highest BCUT2D eigenvalue weighted by molar-refractivity contribution is 5.95. The molecule has 0 aliphatic heterocycles. The van der Waals surface area contributed by atoms with Crippen LogP contribution in [0.4, 0.5) is 0 Å². The molecular weight excluding hydrogens is 372 g/mol. The van der Waals surface area contributed by atoms with Crippen LogP contribution in [-0.4, -0.2) is 38.6 Å². The summed E-state index contributed by atoms with van der Waals surface area (Å²) in [7, 11) is 5.75. The van der Waals surface area contributed by atoms with Crippen LogP contribution in [0.2, 0.25) is 0 Å². The molecule has 1 amide bonds. The number of carbonyl (C=O) groups excluding carboxylic acids is 1. The molecule has 0 heterocycles. The van der Waals surface area contributed by atoms with Gasteiger partial charge < -0.3 is 15.0 Å². The third-order valence-corrected chi connectivity index (χ3v) is 5.22.